The predicted molar refractivity (Wildman–Crippen MR) is 218 cm³/mol. The van der Waals surface area contributed by atoms with Crippen LogP contribution in [0.1, 0.15) is 87.0 Å². The summed E-state index contributed by atoms with van der Waals surface area (Å²) in [5.41, 5.74) is 14.4. The maximum atomic E-state index is 12.7. The number of nitrogens with two attached hydrogens (primary N) is 1. The van der Waals surface area contributed by atoms with E-state index < -0.39 is 0 Å². The monoisotopic (exact) mass is 745 g/mol. The molecule has 0 radical (unpaired) electrons. The molecule has 55 heavy (non-hydrogen) atoms. The third-order valence-electron chi connectivity index (χ3n) is 10.8. The van der Waals surface area contributed by atoms with Crippen LogP contribution in [-0.4, -0.2) is 89.2 Å². The van der Waals surface area contributed by atoms with Crippen LogP contribution in [0.15, 0.2) is 84.9 Å². The van der Waals surface area contributed by atoms with Gasteiger partial charge in [0.05, 0.1) is 35.7 Å². The number of aryl methyl sites for hydroxylation is 1. The standard InChI is InChI=1S/C22H28N4O2.C22H27N3O2/c1-25(2)12-4-14-28-16-9-7-15(8-10-16)21-24-22(27)18-6-3-5-17-19(23)11-13-26(21)20(17)18;1-24(2)13-5-15-27-18-11-9-17(10-12-18)21-23-22(26)19-8-3-6-16-7-4-14-25(21)20(16)19/h3,5-10,19,21H,4,11-14,23H2,1-2H3,(H,24,27);3,6,8-12,21H,4-5,7,13-15H2,1-2H3,(H,23,26)/t19-,21-;21-/m01/s1. The molecule has 2 amide bonds. The Labute approximate surface area is 325 Å². The molecule has 4 heterocycles. The summed E-state index contributed by atoms with van der Waals surface area (Å²) in [6.07, 6.45) is 4.71. The first-order valence-corrected chi connectivity index (χ1v) is 19.6. The van der Waals surface area contributed by atoms with Gasteiger partial charge in [-0.3, -0.25) is 9.59 Å². The minimum atomic E-state index is -0.184. The van der Waals surface area contributed by atoms with Crippen LogP contribution in [0.4, 0.5) is 11.4 Å². The Hall–Kier alpha value is -5.10. The van der Waals surface area contributed by atoms with E-state index >= 15 is 0 Å². The van der Waals surface area contributed by atoms with Crippen molar-refractivity contribution in [3.05, 3.63) is 118 Å². The zero-order chi connectivity index (χ0) is 38.5. The molecule has 0 unspecified atom stereocenters. The van der Waals surface area contributed by atoms with Gasteiger partial charge in [-0.25, -0.2) is 0 Å². The SMILES string of the molecule is CN(C)CCCOc1ccc([C@@H]2NC(=O)c3cccc4c3N2CCC4)cc1.CN(C)CCCOc1ccc([C@H]2NC(=O)c3cccc4c3N2CC[C@@H]4N)cc1. The first-order chi connectivity index (χ1) is 26.7. The van der Waals surface area contributed by atoms with Crippen molar-refractivity contribution >= 4 is 23.2 Å². The molecular weight excluding hydrogens is 691 g/mol. The second kappa shape index (κ2) is 17.1. The first-order valence-electron chi connectivity index (χ1n) is 19.6. The zero-order valence-electron chi connectivity index (χ0n) is 32.6. The smallest absolute Gasteiger partial charge is 0.255 e. The third-order valence-corrected chi connectivity index (χ3v) is 10.8. The molecule has 4 aromatic rings. The van der Waals surface area contributed by atoms with Crippen molar-refractivity contribution in [1.82, 2.24) is 20.4 Å². The van der Waals surface area contributed by atoms with E-state index in [1.165, 1.54) is 5.56 Å². The summed E-state index contributed by atoms with van der Waals surface area (Å²) in [5, 5.41) is 6.33. The molecule has 4 aliphatic rings. The zero-order valence-corrected chi connectivity index (χ0v) is 32.6. The number of ether oxygens (including phenoxy) is 2. The van der Waals surface area contributed by atoms with Gasteiger partial charge in [-0.05, 0) is 119 Å². The molecule has 4 aromatic carbocycles. The van der Waals surface area contributed by atoms with E-state index in [1.54, 1.807) is 0 Å². The van der Waals surface area contributed by atoms with Crippen molar-refractivity contribution in [3.8, 4) is 11.5 Å². The minimum Gasteiger partial charge on any atom is -0.494 e. The number of carbonyl (C=O) groups excluding carboxylic acids is 2. The summed E-state index contributed by atoms with van der Waals surface area (Å²) < 4.78 is 11.7. The lowest BCUT2D eigenvalue weighted by Gasteiger charge is -2.44. The lowest BCUT2D eigenvalue weighted by molar-refractivity contribution is 0.0917. The summed E-state index contributed by atoms with van der Waals surface area (Å²) in [5.74, 6) is 1.70. The van der Waals surface area contributed by atoms with E-state index in [2.05, 4.69) is 76.6 Å². The molecule has 8 rings (SSSR count). The molecule has 0 bridgehead atoms. The van der Waals surface area contributed by atoms with E-state index in [0.717, 1.165) is 103 Å². The highest BCUT2D eigenvalue weighted by Gasteiger charge is 2.37. The lowest BCUT2D eigenvalue weighted by atomic mass is 9.90. The largest absolute Gasteiger partial charge is 0.494 e. The van der Waals surface area contributed by atoms with Crippen LogP contribution in [-0.2, 0) is 6.42 Å². The summed E-state index contributed by atoms with van der Waals surface area (Å²) in [6, 6.07) is 28.0. The Kier molecular flexibility index (Phi) is 11.9. The van der Waals surface area contributed by atoms with Crippen molar-refractivity contribution < 1.29 is 19.1 Å². The van der Waals surface area contributed by atoms with Crippen LogP contribution >= 0.6 is 0 Å². The maximum absolute atomic E-state index is 12.7. The fourth-order valence-electron chi connectivity index (χ4n) is 8.01. The Morgan fingerprint density at radius 3 is 1.73 bits per heavy atom. The quantitative estimate of drug-likeness (QED) is 0.153. The summed E-state index contributed by atoms with van der Waals surface area (Å²) in [6.45, 7) is 5.20. The molecule has 0 spiro atoms. The Morgan fingerprint density at radius 2 is 1.18 bits per heavy atom. The van der Waals surface area contributed by atoms with Crippen LogP contribution in [0.3, 0.4) is 0 Å². The van der Waals surface area contributed by atoms with Gasteiger partial charge < -0.3 is 45.4 Å². The van der Waals surface area contributed by atoms with E-state index in [0.29, 0.717) is 18.8 Å². The molecule has 290 valence electrons. The average Bonchev–Trinajstić information content (AvgIpc) is 3.19. The van der Waals surface area contributed by atoms with Crippen molar-refractivity contribution in [2.75, 3.05) is 77.4 Å². The molecule has 11 nitrogen and oxygen atoms in total. The molecule has 11 heteroatoms. The molecule has 0 saturated heterocycles. The highest BCUT2D eigenvalue weighted by Crippen LogP contribution is 2.42. The first kappa shape index (κ1) is 38.2. The van der Waals surface area contributed by atoms with Crippen molar-refractivity contribution in [1.29, 1.82) is 0 Å². The molecule has 4 N–H and O–H groups in total. The van der Waals surface area contributed by atoms with Crippen LogP contribution in [0.5, 0.6) is 11.5 Å². The molecule has 4 aliphatic heterocycles. The topological polar surface area (TPSA) is 116 Å². The summed E-state index contributed by atoms with van der Waals surface area (Å²) >= 11 is 0. The molecule has 0 aromatic heterocycles. The van der Waals surface area contributed by atoms with Crippen LogP contribution in [0, 0.1) is 0 Å². The molecule has 0 aliphatic carbocycles. The highest BCUT2D eigenvalue weighted by molar-refractivity contribution is 6.04. The number of amides is 2. The number of carbonyl (C=O) groups is 2. The predicted octanol–water partition coefficient (Wildman–Crippen LogP) is 5.88. The summed E-state index contributed by atoms with van der Waals surface area (Å²) in [7, 11) is 8.25. The lowest BCUT2D eigenvalue weighted by Crippen LogP contribution is -2.49. The number of para-hydroxylation sites is 2. The minimum absolute atomic E-state index is 0.0130. The Balaban J connectivity index is 0.000000169. The molecule has 0 fully saturated rings. The van der Waals surface area contributed by atoms with Crippen molar-refractivity contribution in [2.45, 2.75) is 50.5 Å². The number of hydrogen-bond acceptors (Lipinski definition) is 9. The van der Waals surface area contributed by atoms with E-state index in [4.69, 9.17) is 15.2 Å². The van der Waals surface area contributed by atoms with E-state index in [-0.39, 0.29) is 30.2 Å². The Morgan fingerprint density at radius 1 is 0.673 bits per heavy atom. The van der Waals surface area contributed by atoms with Gasteiger partial charge in [-0.1, -0.05) is 48.5 Å². The van der Waals surface area contributed by atoms with Gasteiger partial charge in [0.1, 0.15) is 23.8 Å². The number of nitrogens with zero attached hydrogens (tertiary/aromatic N) is 4. The number of hydrogen-bond donors (Lipinski definition) is 3. The molecule has 0 saturated carbocycles. The van der Waals surface area contributed by atoms with Gasteiger partial charge in [0.25, 0.3) is 11.8 Å². The van der Waals surface area contributed by atoms with Crippen LogP contribution in [0.25, 0.3) is 0 Å². The third kappa shape index (κ3) is 8.59. The maximum Gasteiger partial charge on any atom is 0.255 e. The molecular formula is C44H55N7O4. The van der Waals surface area contributed by atoms with Gasteiger partial charge in [0, 0.05) is 32.2 Å². The van der Waals surface area contributed by atoms with E-state index in [1.807, 2.05) is 66.7 Å². The fourth-order valence-corrected chi connectivity index (χ4v) is 8.01. The number of rotatable bonds is 12. The number of anilines is 2. The van der Waals surface area contributed by atoms with Gasteiger partial charge >= 0.3 is 0 Å². The van der Waals surface area contributed by atoms with Gasteiger partial charge in [0.2, 0.25) is 0 Å². The number of benzene rings is 4. The fraction of sp³-hybridized carbons (Fsp3) is 0.409. The van der Waals surface area contributed by atoms with Crippen molar-refractivity contribution in [2.24, 2.45) is 5.73 Å². The van der Waals surface area contributed by atoms with Crippen LogP contribution in [0.2, 0.25) is 0 Å². The second-order valence-electron chi connectivity index (χ2n) is 15.3. The van der Waals surface area contributed by atoms with Gasteiger partial charge in [-0.2, -0.15) is 0 Å². The molecule has 3 atom stereocenters. The van der Waals surface area contributed by atoms with Crippen molar-refractivity contribution in [3.63, 3.8) is 0 Å². The van der Waals surface area contributed by atoms with Gasteiger partial charge in [-0.15, -0.1) is 0 Å². The highest BCUT2D eigenvalue weighted by atomic mass is 16.5. The van der Waals surface area contributed by atoms with Gasteiger partial charge in [0.15, 0.2) is 0 Å². The second-order valence-corrected chi connectivity index (χ2v) is 15.3. The summed E-state index contributed by atoms with van der Waals surface area (Å²) in [4.78, 5) is 34.2. The van der Waals surface area contributed by atoms with Crippen LogP contribution < -0.4 is 35.6 Å². The Bertz CT molecular complexity index is 1950. The normalized spacial score (nSPS) is 19.5. The number of nitrogens with one attached hydrogen (secondary N) is 2. The van der Waals surface area contributed by atoms with E-state index in [9.17, 15) is 9.59 Å². The average molecular weight is 746 g/mol.